The highest BCUT2D eigenvalue weighted by molar-refractivity contribution is 5.77. The van der Waals surface area contributed by atoms with Gasteiger partial charge >= 0.3 is 5.97 Å². The molecule has 0 aromatic rings. The second kappa shape index (κ2) is 1.44. The van der Waals surface area contributed by atoms with Gasteiger partial charge in [-0.1, -0.05) is 19.1 Å². The molecule has 2 heteroatoms. The predicted octanol–water partition coefficient (Wildman–Crippen LogP) is 1.28. The van der Waals surface area contributed by atoms with Crippen molar-refractivity contribution in [3.8, 4) is 0 Å². The zero-order valence-electron chi connectivity index (χ0n) is 5.87. The lowest BCUT2D eigenvalue weighted by Gasteiger charge is -2.00. The fourth-order valence-electron chi connectivity index (χ4n) is 2.10. The van der Waals surface area contributed by atoms with Crippen molar-refractivity contribution in [2.45, 2.75) is 13.3 Å². The maximum Gasteiger partial charge on any atom is 0.307 e. The topological polar surface area (TPSA) is 37.3 Å². The highest BCUT2D eigenvalue weighted by Crippen LogP contribution is 2.64. The molecule has 0 heterocycles. The minimum absolute atomic E-state index is 0.0856. The van der Waals surface area contributed by atoms with Crippen LogP contribution in [0.2, 0.25) is 0 Å². The summed E-state index contributed by atoms with van der Waals surface area (Å²) < 4.78 is 0. The van der Waals surface area contributed by atoms with E-state index in [4.69, 9.17) is 5.11 Å². The van der Waals surface area contributed by atoms with Gasteiger partial charge in [-0.15, -0.1) is 0 Å². The van der Waals surface area contributed by atoms with E-state index in [0.717, 1.165) is 6.42 Å². The molecule has 0 radical (unpaired) electrons. The number of rotatable bonds is 1. The Morgan fingerprint density at radius 1 is 1.80 bits per heavy atom. The standard InChI is InChI=1S/C8H10O2/c1-8-4-2-3-5(8)6(8)7(9)10/h2-3,5-6H,4H2,1H3,(H,9,10). The molecule has 54 valence electrons. The van der Waals surface area contributed by atoms with Crippen LogP contribution in [0.5, 0.6) is 0 Å². The first-order valence-corrected chi connectivity index (χ1v) is 3.56. The summed E-state index contributed by atoms with van der Waals surface area (Å²) >= 11 is 0. The molecule has 1 saturated carbocycles. The average molecular weight is 138 g/mol. The van der Waals surface area contributed by atoms with Crippen molar-refractivity contribution < 1.29 is 9.90 Å². The van der Waals surface area contributed by atoms with Gasteiger partial charge in [0, 0.05) is 0 Å². The molecule has 2 rings (SSSR count). The smallest absolute Gasteiger partial charge is 0.307 e. The summed E-state index contributed by atoms with van der Waals surface area (Å²) in [5.74, 6) is -0.376. The van der Waals surface area contributed by atoms with Crippen molar-refractivity contribution in [1.29, 1.82) is 0 Å². The SMILES string of the molecule is CC12CC=CC1C2C(=O)O. The monoisotopic (exact) mass is 138 g/mol. The molecule has 1 N–H and O–H groups in total. The second-order valence-electron chi connectivity index (χ2n) is 3.48. The second-order valence-corrected chi connectivity index (χ2v) is 3.48. The molecule has 2 aliphatic carbocycles. The molecule has 2 nitrogen and oxygen atoms in total. The summed E-state index contributed by atoms with van der Waals surface area (Å²) in [5, 5.41) is 8.69. The maximum absolute atomic E-state index is 10.5. The maximum atomic E-state index is 10.5. The lowest BCUT2D eigenvalue weighted by Crippen LogP contribution is -2.06. The largest absolute Gasteiger partial charge is 0.481 e. The number of allylic oxidation sites excluding steroid dienone is 2. The van der Waals surface area contributed by atoms with E-state index < -0.39 is 5.97 Å². The fourth-order valence-corrected chi connectivity index (χ4v) is 2.10. The van der Waals surface area contributed by atoms with Crippen LogP contribution in [0, 0.1) is 17.3 Å². The first-order valence-electron chi connectivity index (χ1n) is 3.56. The molecule has 0 aliphatic heterocycles. The Labute approximate surface area is 59.5 Å². The van der Waals surface area contributed by atoms with E-state index in [0.29, 0.717) is 5.92 Å². The van der Waals surface area contributed by atoms with E-state index in [-0.39, 0.29) is 11.3 Å². The number of carboxylic acid groups (broad SMARTS) is 1. The Hall–Kier alpha value is -0.790. The fraction of sp³-hybridized carbons (Fsp3) is 0.625. The molecule has 2 aliphatic rings. The lowest BCUT2D eigenvalue weighted by atomic mass is 10.0. The number of carbonyl (C=O) groups is 1. The summed E-state index contributed by atoms with van der Waals surface area (Å²) in [7, 11) is 0. The van der Waals surface area contributed by atoms with Gasteiger partial charge in [-0.25, -0.2) is 0 Å². The molecular formula is C8H10O2. The van der Waals surface area contributed by atoms with Crippen LogP contribution in [0.1, 0.15) is 13.3 Å². The highest BCUT2D eigenvalue weighted by atomic mass is 16.4. The van der Waals surface area contributed by atoms with Crippen molar-refractivity contribution in [3.05, 3.63) is 12.2 Å². The average Bonchev–Trinajstić information content (AvgIpc) is 2.22. The molecule has 0 saturated heterocycles. The third kappa shape index (κ3) is 0.474. The van der Waals surface area contributed by atoms with Crippen LogP contribution >= 0.6 is 0 Å². The molecule has 1 fully saturated rings. The van der Waals surface area contributed by atoms with E-state index in [2.05, 4.69) is 13.0 Å². The van der Waals surface area contributed by atoms with Gasteiger partial charge in [0.15, 0.2) is 0 Å². The van der Waals surface area contributed by atoms with Crippen molar-refractivity contribution in [2.24, 2.45) is 17.3 Å². The van der Waals surface area contributed by atoms with Gasteiger partial charge in [-0.3, -0.25) is 4.79 Å². The Kier molecular flexibility index (Phi) is 0.858. The summed E-state index contributed by atoms with van der Waals surface area (Å²) in [4.78, 5) is 10.5. The van der Waals surface area contributed by atoms with Crippen LogP contribution in [0.15, 0.2) is 12.2 Å². The van der Waals surface area contributed by atoms with Gasteiger partial charge in [0.1, 0.15) is 0 Å². The van der Waals surface area contributed by atoms with E-state index in [1.807, 2.05) is 6.08 Å². The zero-order valence-corrected chi connectivity index (χ0v) is 5.87. The molecular weight excluding hydrogens is 128 g/mol. The normalized spacial score (nSPS) is 48.9. The summed E-state index contributed by atoms with van der Waals surface area (Å²) in [6.45, 7) is 2.05. The first-order chi connectivity index (χ1) is 4.66. The number of fused-ring (bicyclic) bond motifs is 1. The van der Waals surface area contributed by atoms with Gasteiger partial charge in [0.2, 0.25) is 0 Å². The van der Waals surface area contributed by atoms with Crippen LogP contribution in [-0.2, 0) is 4.79 Å². The molecule has 0 aromatic carbocycles. The zero-order chi connectivity index (χ0) is 7.35. The van der Waals surface area contributed by atoms with Gasteiger partial charge < -0.3 is 5.11 Å². The van der Waals surface area contributed by atoms with Crippen LogP contribution < -0.4 is 0 Å². The molecule has 0 bridgehead atoms. The van der Waals surface area contributed by atoms with Gasteiger partial charge in [0.25, 0.3) is 0 Å². The Bertz CT molecular complexity index is 219. The number of aliphatic carboxylic acids is 1. The van der Waals surface area contributed by atoms with Crippen molar-refractivity contribution in [1.82, 2.24) is 0 Å². The van der Waals surface area contributed by atoms with Gasteiger partial charge in [-0.05, 0) is 17.8 Å². The van der Waals surface area contributed by atoms with Gasteiger partial charge in [-0.2, -0.15) is 0 Å². The minimum atomic E-state index is -0.628. The lowest BCUT2D eigenvalue weighted by molar-refractivity contribution is -0.139. The first kappa shape index (κ1) is 5.96. The van der Waals surface area contributed by atoms with E-state index in [1.165, 1.54) is 0 Å². The summed E-state index contributed by atoms with van der Waals surface area (Å²) in [5.41, 5.74) is 0.0891. The molecule has 0 spiro atoms. The van der Waals surface area contributed by atoms with Crippen molar-refractivity contribution in [3.63, 3.8) is 0 Å². The predicted molar refractivity (Wildman–Crippen MR) is 36.5 cm³/mol. The Balaban J connectivity index is 2.21. The van der Waals surface area contributed by atoms with Gasteiger partial charge in [0.05, 0.1) is 5.92 Å². The van der Waals surface area contributed by atoms with E-state index >= 15 is 0 Å². The van der Waals surface area contributed by atoms with Crippen molar-refractivity contribution in [2.75, 3.05) is 0 Å². The minimum Gasteiger partial charge on any atom is -0.481 e. The van der Waals surface area contributed by atoms with E-state index in [1.54, 1.807) is 0 Å². The molecule has 0 amide bonds. The summed E-state index contributed by atoms with van der Waals surface area (Å²) in [6.07, 6.45) is 5.08. The van der Waals surface area contributed by atoms with Crippen LogP contribution in [0.3, 0.4) is 0 Å². The number of hydrogen-bond donors (Lipinski definition) is 1. The molecule has 3 atom stereocenters. The number of hydrogen-bond acceptors (Lipinski definition) is 1. The third-order valence-electron chi connectivity index (χ3n) is 2.89. The Morgan fingerprint density at radius 3 is 2.80 bits per heavy atom. The van der Waals surface area contributed by atoms with Crippen LogP contribution in [-0.4, -0.2) is 11.1 Å². The highest BCUT2D eigenvalue weighted by Gasteiger charge is 2.65. The third-order valence-corrected chi connectivity index (χ3v) is 2.89. The quantitative estimate of drug-likeness (QED) is 0.554. The summed E-state index contributed by atoms with van der Waals surface area (Å²) in [6, 6.07) is 0. The molecule has 3 unspecified atom stereocenters. The van der Waals surface area contributed by atoms with Crippen LogP contribution in [0.4, 0.5) is 0 Å². The molecule has 0 aromatic heterocycles. The Morgan fingerprint density at radius 2 is 2.50 bits per heavy atom. The molecule has 10 heavy (non-hydrogen) atoms. The van der Waals surface area contributed by atoms with Crippen LogP contribution in [0.25, 0.3) is 0 Å². The van der Waals surface area contributed by atoms with Crippen molar-refractivity contribution >= 4 is 5.97 Å². The van der Waals surface area contributed by atoms with E-state index in [9.17, 15) is 4.79 Å². The number of carboxylic acids is 1.